The molecule has 0 atom stereocenters. The highest BCUT2D eigenvalue weighted by Gasteiger charge is 2.33. The smallest absolute Gasteiger partial charge is 0.287 e. The van der Waals surface area contributed by atoms with Gasteiger partial charge in [0.25, 0.3) is 11.6 Å². The number of nitrogens with two attached hydrogens (primary N) is 1. The molecule has 0 unspecified atom stereocenters. The summed E-state index contributed by atoms with van der Waals surface area (Å²) >= 11 is 0. The van der Waals surface area contributed by atoms with Crippen molar-refractivity contribution in [1.82, 2.24) is 9.88 Å². The van der Waals surface area contributed by atoms with Gasteiger partial charge in [-0.1, -0.05) is 6.92 Å². The number of aromatic nitrogens is 1. The summed E-state index contributed by atoms with van der Waals surface area (Å²) < 4.78 is 1.62. The molecular formula is C13H20N4O3. The molecule has 1 aromatic heterocycles. The molecule has 7 heteroatoms. The standard InChI is InChI=1S/C13H20N4O3/c1-2-6-16-8-10(17(19)20)7-11(16)12(18)15-9-13(14)4-3-5-13/h7-8H,2-6,9,14H2,1H3,(H,15,18). The highest BCUT2D eigenvalue weighted by Crippen LogP contribution is 2.28. The fourth-order valence-electron chi connectivity index (χ4n) is 2.37. The summed E-state index contributed by atoms with van der Waals surface area (Å²) in [6.45, 7) is 2.94. The summed E-state index contributed by atoms with van der Waals surface area (Å²) in [5.74, 6) is -0.303. The van der Waals surface area contributed by atoms with Crippen molar-refractivity contribution in [3.8, 4) is 0 Å². The van der Waals surface area contributed by atoms with Crippen LogP contribution >= 0.6 is 0 Å². The lowest BCUT2D eigenvalue weighted by Gasteiger charge is -2.38. The monoisotopic (exact) mass is 280 g/mol. The van der Waals surface area contributed by atoms with E-state index in [9.17, 15) is 14.9 Å². The van der Waals surface area contributed by atoms with Gasteiger partial charge in [-0.3, -0.25) is 14.9 Å². The number of hydrogen-bond donors (Lipinski definition) is 2. The van der Waals surface area contributed by atoms with Gasteiger partial charge < -0.3 is 15.6 Å². The van der Waals surface area contributed by atoms with Gasteiger partial charge in [-0.15, -0.1) is 0 Å². The van der Waals surface area contributed by atoms with E-state index < -0.39 is 4.92 Å². The predicted molar refractivity (Wildman–Crippen MR) is 74.5 cm³/mol. The Morgan fingerprint density at radius 1 is 1.60 bits per heavy atom. The van der Waals surface area contributed by atoms with Gasteiger partial charge in [-0.2, -0.15) is 0 Å². The molecular weight excluding hydrogens is 260 g/mol. The number of nitrogens with one attached hydrogen (secondary N) is 1. The van der Waals surface area contributed by atoms with E-state index in [0.29, 0.717) is 18.8 Å². The van der Waals surface area contributed by atoms with Crippen LogP contribution in [0.5, 0.6) is 0 Å². The van der Waals surface area contributed by atoms with E-state index in [1.54, 1.807) is 4.57 Å². The Balaban J connectivity index is 2.09. The van der Waals surface area contributed by atoms with Crippen LogP contribution in [0.15, 0.2) is 12.3 Å². The van der Waals surface area contributed by atoms with Crippen LogP contribution in [-0.4, -0.2) is 27.5 Å². The maximum absolute atomic E-state index is 12.2. The molecule has 0 aromatic carbocycles. The molecule has 1 aliphatic rings. The van der Waals surface area contributed by atoms with Crippen LogP contribution in [0.3, 0.4) is 0 Å². The van der Waals surface area contributed by atoms with Gasteiger partial charge in [0.1, 0.15) is 5.69 Å². The number of aryl methyl sites for hydroxylation is 1. The summed E-state index contributed by atoms with van der Waals surface area (Å²) in [4.78, 5) is 22.5. The van der Waals surface area contributed by atoms with Crippen molar-refractivity contribution in [1.29, 1.82) is 0 Å². The highest BCUT2D eigenvalue weighted by molar-refractivity contribution is 5.93. The molecule has 1 amide bonds. The third-order valence-electron chi connectivity index (χ3n) is 3.74. The largest absolute Gasteiger partial charge is 0.349 e. The van der Waals surface area contributed by atoms with Crippen LogP contribution in [0.4, 0.5) is 5.69 Å². The Hall–Kier alpha value is -1.89. The van der Waals surface area contributed by atoms with Gasteiger partial charge in [0.15, 0.2) is 0 Å². The van der Waals surface area contributed by atoms with Crippen molar-refractivity contribution >= 4 is 11.6 Å². The normalized spacial score (nSPS) is 16.5. The Bertz CT molecular complexity index is 520. The van der Waals surface area contributed by atoms with Crippen LogP contribution < -0.4 is 11.1 Å². The first-order valence-electron chi connectivity index (χ1n) is 6.87. The summed E-state index contributed by atoms with van der Waals surface area (Å²) in [7, 11) is 0. The molecule has 0 saturated heterocycles. The van der Waals surface area contributed by atoms with Crippen molar-refractivity contribution in [2.75, 3.05) is 6.54 Å². The molecule has 0 aliphatic heterocycles. The second kappa shape index (κ2) is 5.62. The van der Waals surface area contributed by atoms with Gasteiger partial charge in [0.2, 0.25) is 0 Å². The van der Waals surface area contributed by atoms with Crippen molar-refractivity contribution in [3.63, 3.8) is 0 Å². The maximum atomic E-state index is 12.2. The summed E-state index contributed by atoms with van der Waals surface area (Å²) in [6, 6.07) is 1.31. The molecule has 2 rings (SSSR count). The molecule has 7 nitrogen and oxygen atoms in total. The quantitative estimate of drug-likeness (QED) is 0.607. The van der Waals surface area contributed by atoms with Crippen LogP contribution in [-0.2, 0) is 6.54 Å². The summed E-state index contributed by atoms with van der Waals surface area (Å²) in [5, 5.41) is 13.6. The van der Waals surface area contributed by atoms with Gasteiger partial charge in [-0.25, -0.2) is 0 Å². The molecule has 0 radical (unpaired) electrons. The average Bonchev–Trinajstić information content (AvgIpc) is 2.78. The molecule has 1 heterocycles. The minimum Gasteiger partial charge on any atom is -0.349 e. The lowest BCUT2D eigenvalue weighted by Crippen LogP contribution is -2.55. The van der Waals surface area contributed by atoms with Crippen molar-refractivity contribution in [2.45, 2.75) is 44.7 Å². The first-order valence-corrected chi connectivity index (χ1v) is 6.87. The average molecular weight is 280 g/mol. The molecule has 1 fully saturated rings. The summed E-state index contributed by atoms with van der Waals surface area (Å²) in [6.07, 6.45) is 5.10. The molecule has 3 N–H and O–H groups in total. The highest BCUT2D eigenvalue weighted by atomic mass is 16.6. The van der Waals surface area contributed by atoms with Crippen LogP contribution in [0, 0.1) is 10.1 Å². The van der Waals surface area contributed by atoms with Crippen LogP contribution in [0.25, 0.3) is 0 Å². The third kappa shape index (κ3) is 2.98. The lowest BCUT2D eigenvalue weighted by atomic mass is 9.78. The lowest BCUT2D eigenvalue weighted by molar-refractivity contribution is -0.384. The SMILES string of the molecule is CCCn1cc([N+](=O)[O-])cc1C(=O)NCC1(N)CCC1. The topological polar surface area (TPSA) is 103 Å². The van der Waals surface area contributed by atoms with E-state index in [1.165, 1.54) is 12.3 Å². The summed E-state index contributed by atoms with van der Waals surface area (Å²) in [5.41, 5.74) is 6.01. The van der Waals surface area contributed by atoms with E-state index >= 15 is 0 Å². The molecule has 110 valence electrons. The third-order valence-corrected chi connectivity index (χ3v) is 3.74. The van der Waals surface area contributed by atoms with E-state index in [-0.39, 0.29) is 17.1 Å². The van der Waals surface area contributed by atoms with E-state index in [0.717, 1.165) is 25.7 Å². The molecule has 1 saturated carbocycles. The number of hydrogen-bond acceptors (Lipinski definition) is 4. The van der Waals surface area contributed by atoms with Gasteiger partial charge in [0, 0.05) is 24.7 Å². The second-order valence-corrected chi connectivity index (χ2v) is 5.43. The Kier molecular flexibility index (Phi) is 4.08. The Morgan fingerprint density at radius 2 is 2.30 bits per heavy atom. The fourth-order valence-corrected chi connectivity index (χ4v) is 2.37. The van der Waals surface area contributed by atoms with Crippen LogP contribution in [0.2, 0.25) is 0 Å². The minimum absolute atomic E-state index is 0.0605. The molecule has 1 aliphatic carbocycles. The van der Waals surface area contributed by atoms with Gasteiger partial charge in [0.05, 0.1) is 11.1 Å². The van der Waals surface area contributed by atoms with Gasteiger partial charge in [-0.05, 0) is 25.7 Å². The Labute approximate surface area is 117 Å². The van der Waals surface area contributed by atoms with Crippen molar-refractivity contribution in [2.24, 2.45) is 5.73 Å². The second-order valence-electron chi connectivity index (χ2n) is 5.43. The predicted octanol–water partition coefficient (Wildman–Crippen LogP) is 1.42. The zero-order valence-electron chi connectivity index (χ0n) is 11.6. The number of carbonyl (C=O) groups is 1. The van der Waals surface area contributed by atoms with E-state index in [2.05, 4.69) is 5.32 Å². The first kappa shape index (κ1) is 14.5. The minimum atomic E-state index is -0.487. The molecule has 1 aromatic rings. The van der Waals surface area contributed by atoms with E-state index in [1.807, 2.05) is 6.92 Å². The number of nitro groups is 1. The maximum Gasteiger partial charge on any atom is 0.287 e. The Morgan fingerprint density at radius 3 is 2.80 bits per heavy atom. The fraction of sp³-hybridized carbons (Fsp3) is 0.615. The molecule has 0 bridgehead atoms. The number of amides is 1. The molecule has 20 heavy (non-hydrogen) atoms. The zero-order chi connectivity index (χ0) is 14.8. The first-order chi connectivity index (χ1) is 9.45. The van der Waals surface area contributed by atoms with Crippen molar-refractivity contribution < 1.29 is 9.72 Å². The zero-order valence-corrected chi connectivity index (χ0v) is 11.6. The van der Waals surface area contributed by atoms with Crippen molar-refractivity contribution in [3.05, 3.63) is 28.1 Å². The number of carbonyl (C=O) groups excluding carboxylic acids is 1. The number of rotatable bonds is 6. The molecule has 0 spiro atoms. The number of nitrogens with zero attached hydrogens (tertiary/aromatic N) is 2. The van der Waals surface area contributed by atoms with Gasteiger partial charge >= 0.3 is 0 Å². The van der Waals surface area contributed by atoms with E-state index in [4.69, 9.17) is 5.73 Å². The van der Waals surface area contributed by atoms with Crippen LogP contribution in [0.1, 0.15) is 43.1 Å².